The molecule has 0 saturated heterocycles. The number of anilines is 1. The van der Waals surface area contributed by atoms with Gasteiger partial charge in [0, 0.05) is 12.6 Å². The van der Waals surface area contributed by atoms with Crippen LogP contribution in [-0.4, -0.2) is 33.4 Å². The third-order valence-corrected chi connectivity index (χ3v) is 3.44. The molecule has 2 aromatic rings. The monoisotopic (exact) mass is 302 g/mol. The number of primary amides is 1. The number of amides is 1. The second kappa shape index (κ2) is 6.19. The number of carbonyl (C=O) groups is 1. The number of carbonyl (C=O) groups excluding carboxylic acids is 1. The maximum atomic E-state index is 11.4. The van der Waals surface area contributed by atoms with Crippen LogP contribution in [0.4, 0.5) is 5.82 Å². The highest BCUT2D eigenvalue weighted by Crippen LogP contribution is 2.21. The molecule has 0 aliphatic heterocycles. The van der Waals surface area contributed by atoms with E-state index in [4.69, 9.17) is 5.73 Å². The number of hydrogen-bond acceptors (Lipinski definition) is 4. The third kappa shape index (κ3) is 3.65. The van der Waals surface area contributed by atoms with Crippen molar-refractivity contribution in [3.05, 3.63) is 42.1 Å². The van der Waals surface area contributed by atoms with Crippen molar-refractivity contribution in [3.8, 4) is 5.69 Å². The van der Waals surface area contributed by atoms with Gasteiger partial charge in [0.25, 0.3) is 5.91 Å². The van der Waals surface area contributed by atoms with Gasteiger partial charge in [-0.15, -0.1) is 0 Å². The predicted molar refractivity (Wildman–Crippen MR) is 86.0 cm³/mol. The quantitative estimate of drug-likeness (QED) is 0.785. The second-order valence-corrected chi connectivity index (χ2v) is 6.29. The zero-order valence-electron chi connectivity index (χ0n) is 13.1. The maximum Gasteiger partial charge on any atom is 0.269 e. The first-order chi connectivity index (χ1) is 10.3. The normalized spacial score (nSPS) is 12.9. The summed E-state index contributed by atoms with van der Waals surface area (Å²) in [6.07, 6.45) is -0.538. The van der Waals surface area contributed by atoms with Gasteiger partial charge in [-0.25, -0.2) is 4.68 Å². The highest BCUT2D eigenvalue weighted by Gasteiger charge is 2.22. The Labute approximate surface area is 129 Å². The summed E-state index contributed by atoms with van der Waals surface area (Å²) in [5, 5.41) is 17.5. The first-order valence-electron chi connectivity index (χ1n) is 7.16. The predicted octanol–water partition coefficient (Wildman–Crippen LogP) is 1.79. The molecule has 1 aromatic carbocycles. The van der Waals surface area contributed by atoms with Gasteiger partial charge >= 0.3 is 0 Å². The van der Waals surface area contributed by atoms with Gasteiger partial charge in [-0.2, -0.15) is 5.10 Å². The van der Waals surface area contributed by atoms with Crippen molar-refractivity contribution in [1.29, 1.82) is 0 Å². The van der Waals surface area contributed by atoms with Crippen LogP contribution in [0.2, 0.25) is 0 Å². The average molecular weight is 302 g/mol. The molecule has 0 spiro atoms. The molecule has 0 aliphatic carbocycles. The molecule has 0 fully saturated rings. The van der Waals surface area contributed by atoms with E-state index in [9.17, 15) is 9.90 Å². The standard InChI is InChI=1S/C16H22N4O2/c1-16(2,3)13(21)10-18-14-9-12(15(17)22)19-20(14)11-7-5-4-6-8-11/h4-9,13,18,21H,10H2,1-3H3,(H2,17,22)/t13-/m0/s1. The minimum absolute atomic E-state index is 0.177. The molecule has 2 rings (SSSR count). The first-order valence-corrected chi connectivity index (χ1v) is 7.16. The third-order valence-electron chi connectivity index (χ3n) is 3.44. The number of para-hydroxylation sites is 1. The molecule has 6 heteroatoms. The summed E-state index contributed by atoms with van der Waals surface area (Å²) < 4.78 is 1.61. The molecule has 0 bridgehead atoms. The zero-order chi connectivity index (χ0) is 16.3. The second-order valence-electron chi connectivity index (χ2n) is 6.29. The Kier molecular flexibility index (Phi) is 4.51. The molecular formula is C16H22N4O2. The summed E-state index contributed by atoms with van der Waals surface area (Å²) in [5.41, 5.74) is 6.05. The number of nitrogens with one attached hydrogen (secondary N) is 1. The number of aliphatic hydroxyl groups excluding tert-OH is 1. The van der Waals surface area contributed by atoms with Crippen molar-refractivity contribution in [3.63, 3.8) is 0 Å². The fraction of sp³-hybridized carbons (Fsp3) is 0.375. The van der Waals surface area contributed by atoms with Crippen molar-refractivity contribution < 1.29 is 9.90 Å². The van der Waals surface area contributed by atoms with Gasteiger partial charge in [-0.3, -0.25) is 4.79 Å². The van der Waals surface area contributed by atoms with Crippen LogP contribution in [0.1, 0.15) is 31.3 Å². The summed E-state index contributed by atoms with van der Waals surface area (Å²) >= 11 is 0. The minimum atomic E-state index is -0.589. The lowest BCUT2D eigenvalue weighted by Crippen LogP contribution is -2.33. The maximum absolute atomic E-state index is 11.4. The van der Waals surface area contributed by atoms with Crippen LogP contribution in [0.3, 0.4) is 0 Å². The van der Waals surface area contributed by atoms with Crippen molar-refractivity contribution in [2.75, 3.05) is 11.9 Å². The van der Waals surface area contributed by atoms with Crippen LogP contribution in [0.5, 0.6) is 0 Å². The largest absolute Gasteiger partial charge is 0.391 e. The highest BCUT2D eigenvalue weighted by atomic mass is 16.3. The fourth-order valence-corrected chi connectivity index (χ4v) is 1.90. The molecule has 0 unspecified atom stereocenters. The van der Waals surface area contributed by atoms with Gasteiger partial charge in [0.2, 0.25) is 0 Å². The zero-order valence-corrected chi connectivity index (χ0v) is 13.1. The highest BCUT2D eigenvalue weighted by molar-refractivity contribution is 5.91. The Morgan fingerprint density at radius 3 is 2.55 bits per heavy atom. The van der Waals surface area contributed by atoms with Crippen LogP contribution in [-0.2, 0) is 0 Å². The van der Waals surface area contributed by atoms with Gasteiger partial charge in [0.15, 0.2) is 5.69 Å². The van der Waals surface area contributed by atoms with Gasteiger partial charge < -0.3 is 16.2 Å². The number of nitrogens with zero attached hydrogens (tertiary/aromatic N) is 2. The minimum Gasteiger partial charge on any atom is -0.391 e. The van der Waals surface area contributed by atoms with E-state index in [0.717, 1.165) is 5.69 Å². The number of aromatic nitrogens is 2. The molecule has 1 atom stereocenters. The lowest BCUT2D eigenvalue weighted by Gasteiger charge is -2.26. The van der Waals surface area contributed by atoms with Gasteiger partial charge in [-0.05, 0) is 17.5 Å². The Bertz CT molecular complexity index is 644. The smallest absolute Gasteiger partial charge is 0.269 e. The van der Waals surface area contributed by atoms with E-state index in [2.05, 4.69) is 10.4 Å². The topological polar surface area (TPSA) is 93.2 Å². The van der Waals surface area contributed by atoms with E-state index in [1.165, 1.54) is 0 Å². The SMILES string of the molecule is CC(C)(C)[C@@H](O)CNc1cc(C(N)=O)nn1-c1ccccc1. The molecule has 22 heavy (non-hydrogen) atoms. The number of benzene rings is 1. The van der Waals surface area contributed by atoms with E-state index >= 15 is 0 Å². The number of aliphatic hydroxyl groups is 1. The molecule has 0 saturated carbocycles. The van der Waals surface area contributed by atoms with Crippen LogP contribution >= 0.6 is 0 Å². The van der Waals surface area contributed by atoms with Crippen LogP contribution < -0.4 is 11.1 Å². The van der Waals surface area contributed by atoms with E-state index in [1.807, 2.05) is 51.1 Å². The Hall–Kier alpha value is -2.34. The average Bonchev–Trinajstić information content (AvgIpc) is 2.89. The van der Waals surface area contributed by atoms with Crippen LogP contribution in [0.15, 0.2) is 36.4 Å². The van der Waals surface area contributed by atoms with Crippen LogP contribution in [0, 0.1) is 5.41 Å². The van der Waals surface area contributed by atoms with E-state index in [-0.39, 0.29) is 11.1 Å². The molecule has 6 nitrogen and oxygen atoms in total. The van der Waals surface area contributed by atoms with Crippen molar-refractivity contribution in [2.45, 2.75) is 26.9 Å². The molecular weight excluding hydrogens is 280 g/mol. The molecule has 118 valence electrons. The molecule has 1 heterocycles. The summed E-state index contributed by atoms with van der Waals surface area (Å²) in [7, 11) is 0. The number of rotatable bonds is 5. The molecule has 1 aromatic heterocycles. The Morgan fingerprint density at radius 2 is 2.00 bits per heavy atom. The summed E-state index contributed by atoms with van der Waals surface area (Å²) in [4.78, 5) is 11.4. The number of hydrogen-bond donors (Lipinski definition) is 3. The first kappa shape index (κ1) is 16.0. The summed E-state index contributed by atoms with van der Waals surface area (Å²) in [6, 6.07) is 11.0. The van der Waals surface area contributed by atoms with Gasteiger partial charge in [0.1, 0.15) is 5.82 Å². The molecule has 0 aliphatic rings. The van der Waals surface area contributed by atoms with Crippen molar-refractivity contribution >= 4 is 11.7 Å². The summed E-state index contributed by atoms with van der Waals surface area (Å²) in [6.45, 7) is 6.23. The lowest BCUT2D eigenvalue weighted by atomic mass is 9.89. The Morgan fingerprint density at radius 1 is 1.36 bits per heavy atom. The number of nitrogens with two attached hydrogens (primary N) is 1. The van der Waals surface area contributed by atoms with Crippen molar-refractivity contribution in [2.24, 2.45) is 11.1 Å². The van der Waals surface area contributed by atoms with E-state index in [1.54, 1.807) is 10.7 Å². The van der Waals surface area contributed by atoms with Gasteiger partial charge in [0.05, 0.1) is 11.8 Å². The van der Waals surface area contributed by atoms with Crippen molar-refractivity contribution in [1.82, 2.24) is 9.78 Å². The van der Waals surface area contributed by atoms with E-state index < -0.39 is 12.0 Å². The lowest BCUT2D eigenvalue weighted by molar-refractivity contribution is 0.0745. The van der Waals surface area contributed by atoms with Crippen LogP contribution in [0.25, 0.3) is 5.69 Å². The summed E-state index contributed by atoms with van der Waals surface area (Å²) in [5.74, 6) is 0.0254. The molecule has 1 amide bonds. The Balaban J connectivity index is 2.28. The van der Waals surface area contributed by atoms with Gasteiger partial charge in [-0.1, -0.05) is 39.0 Å². The van der Waals surface area contributed by atoms with E-state index in [0.29, 0.717) is 12.4 Å². The fourth-order valence-electron chi connectivity index (χ4n) is 1.90. The molecule has 4 N–H and O–H groups in total. The molecule has 0 radical (unpaired) electrons.